The molecule has 2 heterocycles. The highest BCUT2D eigenvalue weighted by atomic mass is 32.2. The number of guanidine groups is 1. The van der Waals surface area contributed by atoms with E-state index in [-0.39, 0.29) is 4.90 Å². The monoisotopic (exact) mass is 398 g/mol. The van der Waals surface area contributed by atoms with Gasteiger partial charge in [0.05, 0.1) is 6.04 Å². The first-order valence-corrected chi connectivity index (χ1v) is 9.53. The van der Waals surface area contributed by atoms with Crippen LogP contribution in [0, 0.1) is 11.5 Å². The quantitative estimate of drug-likeness (QED) is 0.780. The second-order valence-corrected chi connectivity index (χ2v) is 8.40. The summed E-state index contributed by atoms with van der Waals surface area (Å²) in [6, 6.07) is 3.53. The summed E-state index contributed by atoms with van der Waals surface area (Å²) >= 11 is 0. The highest BCUT2D eigenvalue weighted by Gasteiger charge is 2.48. The number of nitriles is 1. The zero-order valence-electron chi connectivity index (χ0n) is 15.1. The van der Waals surface area contributed by atoms with Gasteiger partial charge in [-0.1, -0.05) is 0 Å². The van der Waals surface area contributed by atoms with E-state index in [2.05, 4.69) is 4.99 Å². The molecule has 0 radical (unpaired) electrons. The Hall–Kier alpha value is -2.25. The maximum atomic E-state index is 12.9. The largest absolute Gasteiger partial charge is 0.485 e. The zero-order valence-corrected chi connectivity index (χ0v) is 15.9. The van der Waals surface area contributed by atoms with E-state index in [0.717, 1.165) is 0 Å². The van der Waals surface area contributed by atoms with Crippen LogP contribution in [0.25, 0.3) is 0 Å². The van der Waals surface area contributed by atoms with E-state index in [0.29, 0.717) is 30.4 Å². The Labute approximate surface area is 158 Å². The van der Waals surface area contributed by atoms with Crippen LogP contribution in [0.2, 0.25) is 0 Å². The van der Waals surface area contributed by atoms with Crippen LogP contribution in [-0.2, 0) is 10.8 Å². The predicted octanol–water partition coefficient (Wildman–Crippen LogP) is 1.67. The molecule has 1 aromatic rings. The lowest BCUT2D eigenvalue weighted by Gasteiger charge is -2.45. The molecule has 0 bridgehead atoms. The van der Waals surface area contributed by atoms with Gasteiger partial charge in [0, 0.05) is 30.6 Å². The molecule has 0 saturated carbocycles. The minimum absolute atomic E-state index is 0.0458. The van der Waals surface area contributed by atoms with Gasteiger partial charge in [0.15, 0.2) is 0 Å². The Morgan fingerprint density at radius 1 is 1.44 bits per heavy atom. The Bertz CT molecular complexity index is 840. The summed E-state index contributed by atoms with van der Waals surface area (Å²) in [6.07, 6.45) is 0.725. The number of aliphatic hydroxyl groups excluding tert-OH is 1. The molecule has 27 heavy (non-hydrogen) atoms. The minimum Gasteiger partial charge on any atom is -0.485 e. The number of hydrogen-bond acceptors (Lipinski definition) is 5. The lowest BCUT2D eigenvalue weighted by molar-refractivity contribution is -0.0802. The number of fused-ring (bicyclic) bond motifs is 1. The molecular weight excluding hydrogens is 378 g/mol. The molecule has 2 aliphatic rings. The lowest BCUT2D eigenvalue weighted by Crippen LogP contribution is -2.54. The molecule has 10 heteroatoms. The third kappa shape index (κ3) is 3.37. The first kappa shape index (κ1) is 19.5. The SMILES string of the molecule is CN1CCN(C2c3cc(S(=O)C(F)F)ccc3OC(C)(C)C2O)C1=NC#N. The number of aliphatic imine (C=N–C) groups is 1. The van der Waals surface area contributed by atoms with Crippen molar-refractivity contribution in [2.75, 3.05) is 20.1 Å². The fraction of sp³-hybridized carbons (Fsp3) is 0.529. The van der Waals surface area contributed by atoms with Crippen LogP contribution in [0.3, 0.4) is 0 Å². The summed E-state index contributed by atoms with van der Waals surface area (Å²) in [5.41, 5.74) is -0.519. The second kappa shape index (κ2) is 7.05. The number of alkyl halides is 2. The van der Waals surface area contributed by atoms with Gasteiger partial charge in [-0.25, -0.2) is 4.21 Å². The summed E-state index contributed by atoms with van der Waals surface area (Å²) in [5, 5.41) is 20.0. The molecular formula is C17H20F2N4O3S. The summed E-state index contributed by atoms with van der Waals surface area (Å²) in [6.45, 7) is 4.51. The first-order valence-electron chi connectivity index (χ1n) is 8.31. The molecule has 0 amide bonds. The van der Waals surface area contributed by atoms with E-state index >= 15 is 0 Å². The summed E-state index contributed by atoms with van der Waals surface area (Å²) in [4.78, 5) is 7.33. The van der Waals surface area contributed by atoms with Crippen molar-refractivity contribution >= 4 is 16.8 Å². The van der Waals surface area contributed by atoms with E-state index in [4.69, 9.17) is 10.00 Å². The van der Waals surface area contributed by atoms with Gasteiger partial charge in [0.1, 0.15) is 28.3 Å². The van der Waals surface area contributed by atoms with Crippen molar-refractivity contribution in [3.8, 4) is 11.9 Å². The Balaban J connectivity index is 2.13. The van der Waals surface area contributed by atoms with Crippen molar-refractivity contribution in [2.24, 2.45) is 4.99 Å². The summed E-state index contributed by atoms with van der Waals surface area (Å²) in [7, 11) is -0.707. The average Bonchev–Trinajstić information content (AvgIpc) is 2.96. The summed E-state index contributed by atoms with van der Waals surface area (Å²) < 4.78 is 43.5. The molecule has 2 aliphatic heterocycles. The van der Waals surface area contributed by atoms with Crippen LogP contribution in [0.4, 0.5) is 8.78 Å². The standard InChI is InChI=1S/C17H20F2N4O3S/c1-17(2)14(24)13(23-7-6-22(3)16(23)21-9-20)11-8-10(27(25)15(18)19)4-5-12(11)26-17/h4-5,8,13-15,24H,6-7H2,1-3H3. The molecule has 1 N–H and O–H groups in total. The van der Waals surface area contributed by atoms with Gasteiger partial charge in [0.25, 0.3) is 0 Å². The number of benzene rings is 1. The van der Waals surface area contributed by atoms with Crippen LogP contribution < -0.4 is 4.74 Å². The van der Waals surface area contributed by atoms with E-state index in [1.807, 2.05) is 0 Å². The van der Waals surface area contributed by atoms with Crippen LogP contribution in [0.1, 0.15) is 25.5 Å². The fourth-order valence-electron chi connectivity index (χ4n) is 3.45. The maximum Gasteiger partial charge on any atom is 0.316 e. The number of ether oxygens (including phenoxy) is 1. The highest BCUT2D eigenvalue weighted by Crippen LogP contribution is 2.44. The molecule has 3 atom stereocenters. The van der Waals surface area contributed by atoms with Gasteiger partial charge in [-0.3, -0.25) is 0 Å². The van der Waals surface area contributed by atoms with E-state index in [1.54, 1.807) is 36.9 Å². The molecule has 0 aliphatic carbocycles. The number of aliphatic hydroxyl groups is 1. The Kier molecular flexibility index (Phi) is 5.10. The van der Waals surface area contributed by atoms with Gasteiger partial charge in [-0.05, 0) is 32.0 Å². The molecule has 3 rings (SSSR count). The normalized spacial score (nSPS) is 26.7. The average molecular weight is 398 g/mol. The smallest absolute Gasteiger partial charge is 0.316 e. The van der Waals surface area contributed by atoms with Crippen molar-refractivity contribution < 1.29 is 22.8 Å². The number of halogens is 2. The highest BCUT2D eigenvalue weighted by molar-refractivity contribution is 7.85. The number of nitrogens with zero attached hydrogens (tertiary/aromatic N) is 4. The Morgan fingerprint density at radius 3 is 2.78 bits per heavy atom. The maximum absolute atomic E-state index is 12.9. The molecule has 1 fully saturated rings. The van der Waals surface area contributed by atoms with Gasteiger partial charge in [-0.15, -0.1) is 4.99 Å². The van der Waals surface area contributed by atoms with Gasteiger partial charge in [-0.2, -0.15) is 14.0 Å². The number of likely N-dealkylation sites (N-methyl/N-ethyl adjacent to an activating group) is 1. The van der Waals surface area contributed by atoms with Gasteiger partial charge in [0.2, 0.25) is 12.2 Å². The number of hydrogen-bond donors (Lipinski definition) is 1. The fourth-order valence-corrected chi connectivity index (χ4v) is 4.10. The third-order valence-corrected chi connectivity index (χ3v) is 5.88. The molecule has 0 aromatic heterocycles. The molecule has 0 spiro atoms. The van der Waals surface area contributed by atoms with E-state index < -0.39 is 34.3 Å². The van der Waals surface area contributed by atoms with Crippen LogP contribution in [0.5, 0.6) is 5.75 Å². The van der Waals surface area contributed by atoms with Crippen molar-refractivity contribution in [1.29, 1.82) is 5.26 Å². The number of rotatable bonds is 3. The van der Waals surface area contributed by atoms with Crippen LogP contribution >= 0.6 is 0 Å². The van der Waals surface area contributed by atoms with Crippen molar-refractivity contribution in [3.63, 3.8) is 0 Å². The van der Waals surface area contributed by atoms with Crippen molar-refractivity contribution in [2.45, 2.75) is 42.2 Å². The topological polar surface area (TPSA) is 89.2 Å². The van der Waals surface area contributed by atoms with Crippen LogP contribution in [-0.4, -0.2) is 62.7 Å². The predicted molar refractivity (Wildman–Crippen MR) is 94.7 cm³/mol. The third-order valence-electron chi connectivity index (χ3n) is 4.84. The van der Waals surface area contributed by atoms with Crippen molar-refractivity contribution in [1.82, 2.24) is 9.80 Å². The van der Waals surface area contributed by atoms with Crippen LogP contribution in [0.15, 0.2) is 28.1 Å². The van der Waals surface area contributed by atoms with E-state index in [1.165, 1.54) is 18.2 Å². The van der Waals surface area contributed by atoms with Gasteiger partial charge < -0.3 is 19.6 Å². The molecule has 3 unspecified atom stereocenters. The minimum atomic E-state index is -3.01. The molecule has 1 aromatic carbocycles. The molecule has 146 valence electrons. The first-order chi connectivity index (χ1) is 12.7. The second-order valence-electron chi connectivity index (χ2n) is 6.98. The molecule has 7 nitrogen and oxygen atoms in total. The van der Waals surface area contributed by atoms with Gasteiger partial charge >= 0.3 is 5.76 Å². The molecule has 1 saturated heterocycles. The lowest BCUT2D eigenvalue weighted by atomic mass is 9.85. The summed E-state index contributed by atoms with van der Waals surface area (Å²) in [5.74, 6) is -2.22. The van der Waals surface area contributed by atoms with E-state index in [9.17, 15) is 18.1 Å². The van der Waals surface area contributed by atoms with Crippen molar-refractivity contribution in [3.05, 3.63) is 23.8 Å². The zero-order chi connectivity index (χ0) is 19.9. The Morgan fingerprint density at radius 2 is 2.15 bits per heavy atom.